The highest BCUT2D eigenvalue weighted by Gasteiger charge is 2.22. The van der Waals surface area contributed by atoms with E-state index in [9.17, 15) is 0 Å². The van der Waals surface area contributed by atoms with Gasteiger partial charge < -0.3 is 15.4 Å². The summed E-state index contributed by atoms with van der Waals surface area (Å²) in [6.45, 7) is 4.12. The Bertz CT molecular complexity index is 741. The number of benzene rings is 1. The van der Waals surface area contributed by atoms with Crippen molar-refractivity contribution >= 4 is 29.9 Å². The van der Waals surface area contributed by atoms with E-state index >= 15 is 0 Å². The smallest absolute Gasteiger partial charge is 0.191 e. The minimum Gasteiger partial charge on any atom is -0.493 e. The standard InChI is InChI=1S/C18H26N6O.HI/c1-13-4-7-15(16(8-13)25-11-14-5-6-14)9-20-18(19-2)21-10-17-22-12-23-24(17)3;/h4,7-8,12,14H,5-6,9-11H2,1-3H3,(H2,19,20,21);1H. The van der Waals surface area contributed by atoms with Crippen molar-refractivity contribution in [2.24, 2.45) is 18.0 Å². The summed E-state index contributed by atoms with van der Waals surface area (Å²) in [5.41, 5.74) is 2.34. The Hall–Kier alpha value is -1.84. The molecule has 1 aromatic carbocycles. The number of nitrogens with zero attached hydrogens (tertiary/aromatic N) is 4. The van der Waals surface area contributed by atoms with E-state index < -0.39 is 0 Å². The van der Waals surface area contributed by atoms with Crippen LogP contribution in [0.3, 0.4) is 0 Å². The van der Waals surface area contributed by atoms with Crippen LogP contribution >= 0.6 is 24.0 Å². The maximum atomic E-state index is 6.02. The fraction of sp³-hybridized carbons (Fsp3) is 0.500. The van der Waals surface area contributed by atoms with Crippen molar-refractivity contribution in [3.05, 3.63) is 41.5 Å². The topological polar surface area (TPSA) is 76.4 Å². The summed E-state index contributed by atoms with van der Waals surface area (Å²) in [5.74, 6) is 3.27. The van der Waals surface area contributed by atoms with Gasteiger partial charge in [-0.25, -0.2) is 4.98 Å². The molecule has 0 amide bonds. The minimum atomic E-state index is 0. The van der Waals surface area contributed by atoms with Gasteiger partial charge in [0.15, 0.2) is 5.96 Å². The number of halogens is 1. The summed E-state index contributed by atoms with van der Waals surface area (Å²) < 4.78 is 7.76. The van der Waals surface area contributed by atoms with E-state index in [1.54, 1.807) is 18.1 Å². The summed E-state index contributed by atoms with van der Waals surface area (Å²) in [4.78, 5) is 8.46. The number of hydrogen-bond acceptors (Lipinski definition) is 4. The van der Waals surface area contributed by atoms with Gasteiger partial charge in [0.05, 0.1) is 13.2 Å². The molecule has 0 bridgehead atoms. The molecule has 1 aliphatic rings. The first kappa shape index (κ1) is 20.5. The summed E-state index contributed by atoms with van der Waals surface area (Å²) >= 11 is 0. The number of ether oxygens (including phenoxy) is 1. The SMILES string of the molecule is CN=C(NCc1ccc(C)cc1OCC1CC1)NCc1ncnn1C.I. The predicted octanol–water partition coefficient (Wildman–Crippen LogP) is 2.40. The molecule has 0 unspecified atom stereocenters. The highest BCUT2D eigenvalue weighted by molar-refractivity contribution is 14.0. The number of aliphatic imine (C=N–C) groups is 1. The number of rotatable bonds is 7. The molecule has 0 aliphatic heterocycles. The Balaban J connectivity index is 0.00000243. The van der Waals surface area contributed by atoms with Gasteiger partial charge in [-0.3, -0.25) is 9.67 Å². The maximum absolute atomic E-state index is 6.02. The molecule has 142 valence electrons. The van der Waals surface area contributed by atoms with Crippen LogP contribution < -0.4 is 15.4 Å². The molecule has 1 fully saturated rings. The lowest BCUT2D eigenvalue weighted by atomic mass is 10.1. The normalized spacial score (nSPS) is 13.9. The van der Waals surface area contributed by atoms with Crippen LogP contribution in [0.25, 0.3) is 0 Å². The van der Waals surface area contributed by atoms with Crippen LogP contribution in [0.2, 0.25) is 0 Å². The molecule has 7 nitrogen and oxygen atoms in total. The molecule has 0 saturated heterocycles. The largest absolute Gasteiger partial charge is 0.493 e. The Morgan fingerprint density at radius 3 is 2.73 bits per heavy atom. The van der Waals surface area contributed by atoms with E-state index in [0.29, 0.717) is 13.1 Å². The fourth-order valence-electron chi connectivity index (χ4n) is 2.48. The van der Waals surface area contributed by atoms with Crippen LogP contribution in [0.5, 0.6) is 5.75 Å². The van der Waals surface area contributed by atoms with Gasteiger partial charge >= 0.3 is 0 Å². The lowest BCUT2D eigenvalue weighted by molar-refractivity contribution is 0.296. The molecule has 2 N–H and O–H groups in total. The fourth-order valence-corrected chi connectivity index (χ4v) is 2.48. The zero-order valence-electron chi connectivity index (χ0n) is 15.5. The van der Waals surface area contributed by atoms with Gasteiger partial charge in [0.25, 0.3) is 0 Å². The third-order valence-electron chi connectivity index (χ3n) is 4.28. The highest BCUT2D eigenvalue weighted by atomic mass is 127. The van der Waals surface area contributed by atoms with Gasteiger partial charge in [0, 0.05) is 26.2 Å². The van der Waals surface area contributed by atoms with Gasteiger partial charge in [-0.2, -0.15) is 5.10 Å². The average Bonchev–Trinajstić information content (AvgIpc) is 3.35. The highest BCUT2D eigenvalue weighted by Crippen LogP contribution is 2.30. The van der Waals surface area contributed by atoms with Crippen molar-refractivity contribution in [1.82, 2.24) is 25.4 Å². The Morgan fingerprint density at radius 2 is 2.08 bits per heavy atom. The number of aromatic nitrogens is 3. The molecule has 26 heavy (non-hydrogen) atoms. The van der Waals surface area contributed by atoms with Crippen molar-refractivity contribution in [3.8, 4) is 5.75 Å². The van der Waals surface area contributed by atoms with Crippen LogP contribution in [0.1, 0.15) is 29.8 Å². The van der Waals surface area contributed by atoms with E-state index in [4.69, 9.17) is 4.74 Å². The number of hydrogen-bond donors (Lipinski definition) is 2. The first-order valence-corrected chi connectivity index (χ1v) is 8.65. The molecule has 8 heteroatoms. The van der Waals surface area contributed by atoms with Gasteiger partial charge in [0.1, 0.15) is 17.9 Å². The van der Waals surface area contributed by atoms with E-state index in [1.165, 1.54) is 18.4 Å². The van der Waals surface area contributed by atoms with Crippen LogP contribution in [0, 0.1) is 12.8 Å². The van der Waals surface area contributed by atoms with Gasteiger partial charge in [-0.1, -0.05) is 12.1 Å². The Kier molecular flexibility index (Phi) is 7.67. The van der Waals surface area contributed by atoms with Crippen molar-refractivity contribution in [2.75, 3.05) is 13.7 Å². The van der Waals surface area contributed by atoms with Gasteiger partial charge in [-0.05, 0) is 37.3 Å². The monoisotopic (exact) mass is 470 g/mol. The molecule has 0 spiro atoms. The summed E-state index contributed by atoms with van der Waals surface area (Å²) in [6, 6.07) is 6.33. The van der Waals surface area contributed by atoms with Crippen molar-refractivity contribution in [3.63, 3.8) is 0 Å². The van der Waals surface area contributed by atoms with Crippen LogP contribution in [-0.4, -0.2) is 34.4 Å². The second-order valence-electron chi connectivity index (χ2n) is 6.44. The van der Waals surface area contributed by atoms with E-state index in [0.717, 1.165) is 35.6 Å². The minimum absolute atomic E-state index is 0. The summed E-state index contributed by atoms with van der Waals surface area (Å²) in [7, 11) is 3.63. The second-order valence-corrected chi connectivity index (χ2v) is 6.44. The third-order valence-corrected chi connectivity index (χ3v) is 4.28. The molecular weight excluding hydrogens is 443 g/mol. The predicted molar refractivity (Wildman–Crippen MR) is 113 cm³/mol. The Morgan fingerprint density at radius 1 is 1.31 bits per heavy atom. The second kappa shape index (κ2) is 9.75. The lowest BCUT2D eigenvalue weighted by Crippen LogP contribution is -2.37. The van der Waals surface area contributed by atoms with Gasteiger partial charge in [0.2, 0.25) is 0 Å². The van der Waals surface area contributed by atoms with Crippen molar-refractivity contribution in [2.45, 2.75) is 32.9 Å². The number of nitrogens with one attached hydrogen (secondary N) is 2. The molecule has 1 saturated carbocycles. The van der Waals surface area contributed by atoms with E-state index in [-0.39, 0.29) is 24.0 Å². The summed E-state index contributed by atoms with van der Waals surface area (Å²) in [5, 5.41) is 10.6. The van der Waals surface area contributed by atoms with Crippen molar-refractivity contribution < 1.29 is 4.74 Å². The number of guanidine groups is 1. The molecule has 2 aromatic rings. The molecule has 1 heterocycles. The quantitative estimate of drug-likeness (QED) is 0.369. The van der Waals surface area contributed by atoms with E-state index in [2.05, 4.69) is 50.8 Å². The third kappa shape index (κ3) is 5.86. The zero-order chi connectivity index (χ0) is 17.6. The van der Waals surface area contributed by atoms with Crippen molar-refractivity contribution in [1.29, 1.82) is 0 Å². The molecule has 1 aromatic heterocycles. The van der Waals surface area contributed by atoms with Crippen LogP contribution in [0.15, 0.2) is 29.5 Å². The van der Waals surface area contributed by atoms with Crippen LogP contribution in [-0.2, 0) is 20.1 Å². The molecule has 1 aliphatic carbocycles. The molecule has 0 radical (unpaired) electrons. The zero-order valence-corrected chi connectivity index (χ0v) is 17.9. The molecule has 0 atom stereocenters. The first-order chi connectivity index (χ1) is 12.2. The molecule has 3 rings (SSSR count). The van der Waals surface area contributed by atoms with Gasteiger partial charge in [-0.15, -0.1) is 24.0 Å². The number of aryl methyl sites for hydroxylation is 2. The first-order valence-electron chi connectivity index (χ1n) is 8.65. The lowest BCUT2D eigenvalue weighted by Gasteiger charge is -2.15. The maximum Gasteiger partial charge on any atom is 0.191 e. The Labute approximate surface area is 171 Å². The summed E-state index contributed by atoms with van der Waals surface area (Å²) in [6.07, 6.45) is 4.12. The van der Waals surface area contributed by atoms with E-state index in [1.807, 2.05) is 7.05 Å². The average molecular weight is 470 g/mol. The molecular formula is C18H27IN6O. The van der Waals surface area contributed by atoms with Crippen LogP contribution in [0.4, 0.5) is 0 Å².